The van der Waals surface area contributed by atoms with Crippen LogP contribution in [-0.2, 0) is 12.7 Å². The van der Waals surface area contributed by atoms with Crippen molar-refractivity contribution in [2.75, 3.05) is 0 Å². The zero-order valence-electron chi connectivity index (χ0n) is 16.7. The average Bonchev–Trinajstić information content (AvgIpc) is 3.35. The summed E-state index contributed by atoms with van der Waals surface area (Å²) in [5.41, 5.74) is 1.81. The van der Waals surface area contributed by atoms with Crippen LogP contribution in [0.3, 0.4) is 0 Å². The smallest absolute Gasteiger partial charge is 0.360 e. The molecule has 5 aromatic rings. The van der Waals surface area contributed by atoms with E-state index in [0.717, 1.165) is 44.0 Å². The van der Waals surface area contributed by atoms with Gasteiger partial charge in [-0.2, -0.15) is 13.2 Å². The number of rotatable bonds is 2. The largest absolute Gasteiger partial charge is 0.416 e. The predicted octanol–water partition coefficient (Wildman–Crippen LogP) is 8.68. The molecule has 0 bridgehead atoms. The highest BCUT2D eigenvalue weighted by Gasteiger charge is 2.29. The molecule has 0 aliphatic heterocycles. The number of hydrogen-bond acceptors (Lipinski definition) is 0. The maximum atomic E-state index is 13.3. The van der Waals surface area contributed by atoms with Crippen LogP contribution in [0.2, 0.25) is 0 Å². The van der Waals surface area contributed by atoms with E-state index in [1.807, 2.05) is 10.6 Å². The van der Waals surface area contributed by atoms with E-state index in [-0.39, 0.29) is 11.6 Å². The lowest BCUT2D eigenvalue weighted by Gasteiger charge is -2.10. The molecular weight excluding hydrogens is 571 g/mol. The minimum atomic E-state index is -4.33. The molecule has 0 spiro atoms. The lowest BCUT2D eigenvalue weighted by Crippen LogP contribution is -2.05. The summed E-state index contributed by atoms with van der Waals surface area (Å²) in [6, 6.07) is 14.4. The molecule has 33 heavy (non-hydrogen) atoms. The Kier molecular flexibility index (Phi) is 6.63. The van der Waals surface area contributed by atoms with Crippen LogP contribution in [0.1, 0.15) is 11.1 Å². The van der Waals surface area contributed by atoms with Gasteiger partial charge in [-0.05, 0) is 86.0 Å². The van der Waals surface area contributed by atoms with Gasteiger partial charge in [0.15, 0.2) is 0 Å². The Morgan fingerprint density at radius 3 is 2.09 bits per heavy atom. The Morgan fingerprint density at radius 1 is 0.788 bits per heavy atom. The third-order valence-electron chi connectivity index (χ3n) is 4.99. The molecule has 9 heteroatoms. The fourth-order valence-electron chi connectivity index (χ4n) is 3.48. The number of benzene rings is 3. The molecule has 0 saturated heterocycles. The lowest BCUT2D eigenvalue weighted by molar-refractivity contribution is -0.137. The second-order valence-electron chi connectivity index (χ2n) is 7.29. The van der Waals surface area contributed by atoms with Crippen LogP contribution < -0.4 is 0 Å². The summed E-state index contributed by atoms with van der Waals surface area (Å²) in [6.45, 7) is 0.409. The van der Waals surface area contributed by atoms with Gasteiger partial charge >= 0.3 is 6.18 Å². The molecule has 0 aliphatic carbocycles. The maximum absolute atomic E-state index is 13.3. The van der Waals surface area contributed by atoms with Gasteiger partial charge in [-0.3, -0.25) is 0 Å². The molecule has 0 amide bonds. The van der Waals surface area contributed by atoms with Gasteiger partial charge in [0.2, 0.25) is 0 Å². The van der Waals surface area contributed by atoms with E-state index in [0.29, 0.717) is 11.0 Å². The Balaban J connectivity index is 0.000000196. The maximum Gasteiger partial charge on any atom is 0.416 e. The molecule has 170 valence electrons. The minimum absolute atomic E-state index is 0.219. The molecule has 0 saturated carbocycles. The first kappa shape index (κ1) is 23.5. The number of nitrogens with zero attached hydrogens (tertiary/aromatic N) is 1. The zero-order valence-corrected chi connectivity index (χ0v) is 19.9. The van der Waals surface area contributed by atoms with Gasteiger partial charge in [-0.1, -0.05) is 12.1 Å². The SMILES string of the molecule is Fc1cc(Br)c2[nH]ccc2c1.Fc1cc(Br)c2c(ccn2Cc2ccc(C(F)(F)F)cc2)c1. The van der Waals surface area contributed by atoms with Crippen molar-refractivity contribution in [1.82, 2.24) is 9.55 Å². The van der Waals surface area contributed by atoms with Crippen LogP contribution in [0.15, 0.2) is 82.0 Å². The molecule has 0 unspecified atom stereocenters. The van der Waals surface area contributed by atoms with Gasteiger partial charge in [0, 0.05) is 38.7 Å². The molecule has 0 atom stereocenters. The Bertz CT molecular complexity index is 1420. The highest BCUT2D eigenvalue weighted by atomic mass is 79.9. The molecular formula is C24H15Br2F5N2. The molecule has 0 aliphatic rings. The van der Waals surface area contributed by atoms with Crippen molar-refractivity contribution in [3.63, 3.8) is 0 Å². The topological polar surface area (TPSA) is 20.7 Å². The predicted molar refractivity (Wildman–Crippen MR) is 126 cm³/mol. The first-order valence-corrected chi connectivity index (χ1v) is 11.2. The first-order valence-electron chi connectivity index (χ1n) is 9.64. The molecule has 5 rings (SSSR count). The van der Waals surface area contributed by atoms with Crippen molar-refractivity contribution in [1.29, 1.82) is 0 Å². The number of nitrogens with one attached hydrogen (secondary N) is 1. The molecule has 3 aromatic carbocycles. The number of hydrogen-bond donors (Lipinski definition) is 1. The van der Waals surface area contributed by atoms with Crippen LogP contribution in [0.25, 0.3) is 21.8 Å². The summed E-state index contributed by atoms with van der Waals surface area (Å²) in [7, 11) is 0. The number of aromatic amines is 1. The molecule has 2 nitrogen and oxygen atoms in total. The van der Waals surface area contributed by atoms with Gasteiger partial charge in [0.1, 0.15) is 11.6 Å². The van der Waals surface area contributed by atoms with E-state index in [1.165, 1.54) is 36.4 Å². The molecule has 0 fully saturated rings. The fraction of sp³-hybridized carbons (Fsp3) is 0.0833. The van der Waals surface area contributed by atoms with Crippen molar-refractivity contribution in [2.45, 2.75) is 12.7 Å². The number of alkyl halides is 3. The first-order chi connectivity index (χ1) is 15.6. The van der Waals surface area contributed by atoms with Crippen LogP contribution >= 0.6 is 31.9 Å². The highest BCUT2D eigenvalue weighted by Crippen LogP contribution is 2.30. The van der Waals surface area contributed by atoms with Crippen molar-refractivity contribution in [3.05, 3.63) is 105 Å². The Morgan fingerprint density at radius 2 is 1.42 bits per heavy atom. The van der Waals surface area contributed by atoms with Crippen LogP contribution in [0, 0.1) is 11.6 Å². The van der Waals surface area contributed by atoms with Crippen molar-refractivity contribution < 1.29 is 22.0 Å². The number of halogens is 7. The van der Waals surface area contributed by atoms with Crippen molar-refractivity contribution >= 4 is 53.7 Å². The summed E-state index contributed by atoms with van der Waals surface area (Å²) in [4.78, 5) is 3.00. The lowest BCUT2D eigenvalue weighted by atomic mass is 10.1. The normalized spacial score (nSPS) is 11.6. The zero-order chi connectivity index (χ0) is 23.8. The molecule has 1 N–H and O–H groups in total. The number of fused-ring (bicyclic) bond motifs is 2. The summed E-state index contributed by atoms with van der Waals surface area (Å²) in [5, 5.41) is 1.62. The third-order valence-corrected chi connectivity index (χ3v) is 6.22. The molecule has 0 radical (unpaired) electrons. The summed E-state index contributed by atoms with van der Waals surface area (Å²) < 4.78 is 67.0. The van der Waals surface area contributed by atoms with E-state index in [4.69, 9.17) is 0 Å². The van der Waals surface area contributed by atoms with E-state index in [9.17, 15) is 22.0 Å². The average molecular weight is 586 g/mol. The van der Waals surface area contributed by atoms with Gasteiger partial charge in [-0.25, -0.2) is 8.78 Å². The third kappa shape index (κ3) is 5.30. The quantitative estimate of drug-likeness (QED) is 0.200. The van der Waals surface area contributed by atoms with Crippen LogP contribution in [0.4, 0.5) is 22.0 Å². The second kappa shape index (κ2) is 9.30. The Labute approximate surface area is 202 Å². The standard InChI is InChI=1S/C16H10BrF4N.C8H5BrFN/c17-14-8-13(18)7-11-5-6-22(15(11)14)9-10-1-3-12(4-2-10)16(19,20)21;9-7-4-6(10)3-5-1-2-11-8(5)7/h1-8H,9H2;1-4,11H. The Hall–Kier alpha value is -2.65. The van der Waals surface area contributed by atoms with Gasteiger partial charge in [-0.15, -0.1) is 0 Å². The van der Waals surface area contributed by atoms with E-state index in [1.54, 1.807) is 18.5 Å². The monoisotopic (exact) mass is 584 g/mol. The van der Waals surface area contributed by atoms with Crippen molar-refractivity contribution in [3.8, 4) is 0 Å². The number of aromatic nitrogens is 2. The van der Waals surface area contributed by atoms with Gasteiger partial charge in [0.05, 0.1) is 16.6 Å². The number of H-pyrrole nitrogens is 1. The highest BCUT2D eigenvalue weighted by molar-refractivity contribution is 9.11. The van der Waals surface area contributed by atoms with Crippen LogP contribution in [0.5, 0.6) is 0 Å². The van der Waals surface area contributed by atoms with E-state index < -0.39 is 11.7 Å². The summed E-state index contributed by atoms with van der Waals surface area (Å²) >= 11 is 6.57. The van der Waals surface area contributed by atoms with E-state index in [2.05, 4.69) is 36.8 Å². The van der Waals surface area contributed by atoms with E-state index >= 15 is 0 Å². The minimum Gasteiger partial charge on any atom is -0.360 e. The molecule has 2 aromatic heterocycles. The summed E-state index contributed by atoms with van der Waals surface area (Å²) in [5.74, 6) is -0.560. The fourth-order valence-corrected chi connectivity index (χ4v) is 4.72. The summed E-state index contributed by atoms with van der Waals surface area (Å²) in [6.07, 6.45) is -0.763. The van der Waals surface area contributed by atoms with Crippen molar-refractivity contribution in [2.24, 2.45) is 0 Å². The second-order valence-corrected chi connectivity index (χ2v) is 9.00. The van der Waals surface area contributed by atoms with Crippen LogP contribution in [-0.4, -0.2) is 9.55 Å². The molecule has 2 heterocycles. The van der Waals surface area contributed by atoms with Gasteiger partial charge < -0.3 is 9.55 Å². The van der Waals surface area contributed by atoms with Gasteiger partial charge in [0.25, 0.3) is 0 Å².